The van der Waals surface area contributed by atoms with Gasteiger partial charge in [0.15, 0.2) is 0 Å². The molecule has 16 heavy (non-hydrogen) atoms. The average Bonchev–Trinajstić information content (AvgIpc) is 2.17. The van der Waals surface area contributed by atoms with Crippen LogP contribution in [0.15, 0.2) is 18.2 Å². The zero-order valence-electron chi connectivity index (χ0n) is 8.21. The van der Waals surface area contributed by atoms with Crippen molar-refractivity contribution in [1.82, 2.24) is 4.90 Å². The Labute approximate surface area is 95.8 Å². The normalized spacial score (nSPS) is 18.1. The second-order valence-corrected chi connectivity index (χ2v) is 4.16. The van der Waals surface area contributed by atoms with E-state index in [1.165, 1.54) is 12.1 Å². The number of anilines is 1. The van der Waals surface area contributed by atoms with Gasteiger partial charge in [0.1, 0.15) is 0 Å². The Morgan fingerprint density at radius 1 is 1.44 bits per heavy atom. The number of nitrogen functional groups attached to an aromatic ring is 1. The Bertz CT molecular complexity index is 442. The summed E-state index contributed by atoms with van der Waals surface area (Å²) >= 11 is 5.80. The number of amides is 1. The first-order chi connectivity index (χ1) is 7.39. The Hall–Kier alpha value is -1.36. The van der Waals surface area contributed by atoms with Crippen molar-refractivity contribution in [2.75, 3.05) is 18.8 Å². The molecule has 1 heterocycles. The van der Waals surface area contributed by atoms with Crippen LogP contribution in [0.2, 0.25) is 5.02 Å². The SMILES string of the molecule is Nc1ccc(Cl)c(C(=O)N2CC(F)(F)C2)c1. The van der Waals surface area contributed by atoms with Gasteiger partial charge in [0.05, 0.1) is 23.7 Å². The molecule has 0 aliphatic carbocycles. The molecule has 1 aliphatic rings. The number of nitrogens with zero attached hydrogens (tertiary/aromatic N) is 1. The van der Waals surface area contributed by atoms with Gasteiger partial charge in [-0.2, -0.15) is 0 Å². The van der Waals surface area contributed by atoms with Gasteiger partial charge in [-0.05, 0) is 18.2 Å². The summed E-state index contributed by atoms with van der Waals surface area (Å²) in [5.41, 5.74) is 6.04. The molecule has 86 valence electrons. The van der Waals surface area contributed by atoms with Crippen molar-refractivity contribution in [1.29, 1.82) is 0 Å². The van der Waals surface area contributed by atoms with Crippen molar-refractivity contribution < 1.29 is 13.6 Å². The van der Waals surface area contributed by atoms with Gasteiger partial charge >= 0.3 is 0 Å². The maximum Gasteiger partial charge on any atom is 0.282 e. The molecule has 2 N–H and O–H groups in total. The lowest BCUT2D eigenvalue weighted by Crippen LogP contribution is -2.58. The van der Waals surface area contributed by atoms with Gasteiger partial charge in [0.25, 0.3) is 11.8 Å². The van der Waals surface area contributed by atoms with Gasteiger partial charge in [-0.15, -0.1) is 0 Å². The molecule has 0 saturated carbocycles. The topological polar surface area (TPSA) is 46.3 Å². The fraction of sp³-hybridized carbons (Fsp3) is 0.300. The summed E-state index contributed by atoms with van der Waals surface area (Å²) in [6, 6.07) is 4.41. The molecule has 1 aromatic carbocycles. The number of carbonyl (C=O) groups excluding carboxylic acids is 1. The molecule has 0 bridgehead atoms. The number of benzene rings is 1. The molecule has 0 radical (unpaired) electrons. The number of halogens is 3. The van der Waals surface area contributed by atoms with Crippen LogP contribution in [0.1, 0.15) is 10.4 Å². The van der Waals surface area contributed by atoms with Gasteiger partial charge < -0.3 is 10.6 Å². The van der Waals surface area contributed by atoms with Crippen molar-refractivity contribution in [3.05, 3.63) is 28.8 Å². The standard InChI is InChI=1S/C10H9ClF2N2O/c11-8-2-1-6(14)3-7(8)9(16)15-4-10(12,13)5-15/h1-3H,4-5,14H2. The number of nitrogens with two attached hydrogens (primary N) is 1. The quantitative estimate of drug-likeness (QED) is 0.771. The molecule has 1 aromatic rings. The highest BCUT2D eigenvalue weighted by Crippen LogP contribution is 2.30. The van der Waals surface area contributed by atoms with E-state index in [1.54, 1.807) is 6.07 Å². The summed E-state index contributed by atoms with van der Waals surface area (Å²) < 4.78 is 25.2. The predicted octanol–water partition coefficient (Wildman–Crippen LogP) is 2.01. The number of hydrogen-bond donors (Lipinski definition) is 1. The van der Waals surface area contributed by atoms with E-state index in [0.29, 0.717) is 5.69 Å². The lowest BCUT2D eigenvalue weighted by Gasteiger charge is -2.38. The van der Waals surface area contributed by atoms with Crippen molar-refractivity contribution >= 4 is 23.2 Å². The van der Waals surface area contributed by atoms with Crippen LogP contribution in [0.25, 0.3) is 0 Å². The molecular formula is C10H9ClF2N2O. The van der Waals surface area contributed by atoms with Crippen molar-refractivity contribution in [2.45, 2.75) is 5.92 Å². The van der Waals surface area contributed by atoms with Crippen molar-refractivity contribution in [3.63, 3.8) is 0 Å². The zero-order chi connectivity index (χ0) is 11.9. The molecule has 0 atom stereocenters. The predicted molar refractivity (Wildman–Crippen MR) is 56.7 cm³/mol. The third kappa shape index (κ3) is 1.95. The molecule has 2 rings (SSSR count). The Kier molecular flexibility index (Phi) is 2.50. The lowest BCUT2D eigenvalue weighted by molar-refractivity contribution is -0.113. The van der Waals surface area contributed by atoms with Gasteiger partial charge in [-0.25, -0.2) is 8.78 Å². The number of alkyl halides is 2. The van der Waals surface area contributed by atoms with E-state index in [-0.39, 0.29) is 10.6 Å². The minimum absolute atomic E-state index is 0.164. The average molecular weight is 247 g/mol. The maximum absolute atomic E-state index is 12.6. The third-order valence-electron chi connectivity index (χ3n) is 2.35. The molecule has 0 aromatic heterocycles. The minimum Gasteiger partial charge on any atom is -0.399 e. The minimum atomic E-state index is -2.78. The van der Waals surface area contributed by atoms with E-state index in [0.717, 1.165) is 4.90 Å². The summed E-state index contributed by atoms with van der Waals surface area (Å²) in [5, 5.41) is 0.217. The van der Waals surface area contributed by atoms with E-state index in [2.05, 4.69) is 0 Å². The smallest absolute Gasteiger partial charge is 0.282 e. The van der Waals surface area contributed by atoms with E-state index < -0.39 is 24.9 Å². The number of hydrogen-bond acceptors (Lipinski definition) is 2. The molecule has 0 spiro atoms. The number of likely N-dealkylation sites (tertiary alicyclic amines) is 1. The third-order valence-corrected chi connectivity index (χ3v) is 2.68. The highest BCUT2D eigenvalue weighted by atomic mass is 35.5. The highest BCUT2D eigenvalue weighted by molar-refractivity contribution is 6.34. The van der Waals surface area contributed by atoms with E-state index in [4.69, 9.17) is 17.3 Å². The Morgan fingerprint density at radius 2 is 2.06 bits per heavy atom. The van der Waals surface area contributed by atoms with E-state index in [9.17, 15) is 13.6 Å². The van der Waals surface area contributed by atoms with Crippen LogP contribution in [0.3, 0.4) is 0 Å². The van der Waals surface area contributed by atoms with Crippen LogP contribution in [0.5, 0.6) is 0 Å². The molecule has 3 nitrogen and oxygen atoms in total. The van der Waals surface area contributed by atoms with Gasteiger partial charge in [-0.1, -0.05) is 11.6 Å². The highest BCUT2D eigenvalue weighted by Gasteiger charge is 2.46. The first kappa shape index (κ1) is 11.1. The van der Waals surface area contributed by atoms with Crippen LogP contribution < -0.4 is 5.73 Å². The molecule has 1 fully saturated rings. The second-order valence-electron chi connectivity index (χ2n) is 3.76. The van der Waals surface area contributed by atoms with Crippen molar-refractivity contribution in [3.8, 4) is 0 Å². The van der Waals surface area contributed by atoms with Gasteiger partial charge in [-0.3, -0.25) is 4.79 Å². The molecule has 1 amide bonds. The maximum atomic E-state index is 12.6. The molecule has 6 heteroatoms. The first-order valence-electron chi connectivity index (χ1n) is 4.61. The second kappa shape index (κ2) is 3.59. The molecule has 1 aliphatic heterocycles. The van der Waals surface area contributed by atoms with E-state index >= 15 is 0 Å². The van der Waals surface area contributed by atoms with Crippen LogP contribution in [-0.2, 0) is 0 Å². The van der Waals surface area contributed by atoms with Crippen LogP contribution in [0, 0.1) is 0 Å². The lowest BCUT2D eigenvalue weighted by atomic mass is 10.1. The van der Waals surface area contributed by atoms with E-state index in [1.807, 2.05) is 0 Å². The van der Waals surface area contributed by atoms with Crippen LogP contribution in [0.4, 0.5) is 14.5 Å². The zero-order valence-corrected chi connectivity index (χ0v) is 8.97. The number of rotatable bonds is 1. The largest absolute Gasteiger partial charge is 0.399 e. The fourth-order valence-corrected chi connectivity index (χ4v) is 1.73. The number of carbonyl (C=O) groups is 1. The molecule has 1 saturated heterocycles. The van der Waals surface area contributed by atoms with Gasteiger partial charge in [0, 0.05) is 5.69 Å². The summed E-state index contributed by atoms with van der Waals surface area (Å²) in [6.07, 6.45) is 0. The monoisotopic (exact) mass is 246 g/mol. The summed E-state index contributed by atoms with van der Waals surface area (Å²) in [7, 11) is 0. The molecule has 0 unspecified atom stereocenters. The summed E-state index contributed by atoms with van der Waals surface area (Å²) in [5.74, 6) is -3.29. The Morgan fingerprint density at radius 3 is 2.62 bits per heavy atom. The van der Waals surface area contributed by atoms with Gasteiger partial charge in [0.2, 0.25) is 0 Å². The first-order valence-corrected chi connectivity index (χ1v) is 4.99. The molecular weight excluding hydrogens is 238 g/mol. The van der Waals surface area contributed by atoms with Crippen LogP contribution >= 0.6 is 11.6 Å². The summed E-state index contributed by atoms with van der Waals surface area (Å²) in [4.78, 5) is 12.8. The summed E-state index contributed by atoms with van der Waals surface area (Å²) in [6.45, 7) is -1.12. The fourth-order valence-electron chi connectivity index (χ4n) is 1.53. The van der Waals surface area contributed by atoms with Crippen LogP contribution in [-0.4, -0.2) is 29.8 Å². The van der Waals surface area contributed by atoms with Crippen molar-refractivity contribution in [2.24, 2.45) is 0 Å². The Balaban J connectivity index is 2.19.